The maximum atomic E-state index is 8.36. The van der Waals surface area contributed by atoms with Crippen molar-refractivity contribution in [2.45, 2.75) is 11.9 Å². The minimum atomic E-state index is -0.250. The maximum Gasteiger partial charge on any atom is 0.290 e. The van der Waals surface area contributed by atoms with Crippen LogP contribution < -0.4 is 0 Å². The topological polar surface area (TPSA) is 91.8 Å². The number of aryl methyl sites for hydroxylation is 1. The zero-order chi connectivity index (χ0) is 15.2. The Labute approximate surface area is 125 Å². The van der Waals surface area contributed by atoms with E-state index in [1.165, 1.54) is 0 Å². The van der Waals surface area contributed by atoms with Crippen LogP contribution in [0.5, 0.6) is 0 Å². The molecule has 3 aromatic rings. The van der Waals surface area contributed by atoms with Gasteiger partial charge in [-0.1, -0.05) is 0 Å². The molecule has 108 valence electrons. The van der Waals surface area contributed by atoms with Crippen LogP contribution in [0, 0.1) is 6.92 Å². The summed E-state index contributed by atoms with van der Waals surface area (Å²) in [6.07, 6.45) is 5.68. The summed E-state index contributed by atoms with van der Waals surface area (Å²) in [6, 6.07) is 5.95. The molecule has 0 saturated carbocycles. The normalized spacial score (nSPS) is 10.0. The monoisotopic (exact) mass is 302 g/mol. The van der Waals surface area contributed by atoms with E-state index in [4.69, 9.17) is 9.90 Å². The Morgan fingerprint density at radius 2 is 2.10 bits per heavy atom. The second kappa shape index (κ2) is 6.85. The van der Waals surface area contributed by atoms with E-state index in [-0.39, 0.29) is 6.47 Å². The van der Waals surface area contributed by atoms with Crippen LogP contribution in [-0.4, -0.2) is 37.8 Å². The Balaban J connectivity index is 0.000000497. The zero-order valence-electron chi connectivity index (χ0n) is 11.6. The number of pyridine rings is 1. The molecule has 0 radical (unpaired) electrons. The molecule has 0 bridgehead atoms. The highest BCUT2D eigenvalue weighted by atomic mass is 32.2. The van der Waals surface area contributed by atoms with Gasteiger partial charge in [0, 0.05) is 29.0 Å². The van der Waals surface area contributed by atoms with Gasteiger partial charge in [0.1, 0.15) is 10.7 Å². The Morgan fingerprint density at radius 1 is 1.33 bits per heavy atom. The summed E-state index contributed by atoms with van der Waals surface area (Å²) in [5.41, 5.74) is 2.86. The molecule has 3 rings (SSSR count). The third kappa shape index (κ3) is 3.38. The van der Waals surface area contributed by atoms with Gasteiger partial charge in [0.25, 0.3) is 6.47 Å². The summed E-state index contributed by atoms with van der Waals surface area (Å²) in [5, 5.41) is 8.92. The number of hydrogen-bond acceptors (Lipinski definition) is 5. The number of H-pyrrole nitrogens is 1. The highest BCUT2D eigenvalue weighted by molar-refractivity contribution is 7.98. The number of thioether (sulfide) groups is 1. The molecule has 0 aliphatic heterocycles. The maximum absolute atomic E-state index is 8.36. The van der Waals surface area contributed by atoms with E-state index < -0.39 is 0 Å². The van der Waals surface area contributed by atoms with Gasteiger partial charge in [-0.25, -0.2) is 15.0 Å². The standard InChI is InChI=1S/C13H12N4S.CH2O2/c1-8-7-11(18-2)17-13(16-8)10-4-6-15-12-9(10)3-5-14-12;2-1-3/h3-7H,1-2H3,(H,14,15);1H,(H,2,3). The second-order valence-corrected chi connectivity index (χ2v) is 4.91. The Bertz CT molecular complexity index is 758. The molecule has 0 fully saturated rings. The highest BCUT2D eigenvalue weighted by Gasteiger charge is 2.09. The van der Waals surface area contributed by atoms with Gasteiger partial charge >= 0.3 is 0 Å². The van der Waals surface area contributed by atoms with Crippen molar-refractivity contribution in [3.05, 3.63) is 36.3 Å². The van der Waals surface area contributed by atoms with Gasteiger partial charge in [0.15, 0.2) is 5.82 Å². The molecule has 0 atom stereocenters. The molecule has 6 nitrogen and oxygen atoms in total. The summed E-state index contributed by atoms with van der Waals surface area (Å²) in [6.45, 7) is 1.74. The predicted molar refractivity (Wildman–Crippen MR) is 82.3 cm³/mol. The lowest BCUT2D eigenvalue weighted by Gasteiger charge is -2.05. The predicted octanol–water partition coefficient (Wildman–Crippen LogP) is 2.75. The van der Waals surface area contributed by atoms with E-state index in [1.54, 1.807) is 18.0 Å². The van der Waals surface area contributed by atoms with Crippen LogP contribution >= 0.6 is 11.8 Å². The molecule has 0 aliphatic rings. The fraction of sp³-hybridized carbons (Fsp3) is 0.143. The molecule has 3 aromatic heterocycles. The summed E-state index contributed by atoms with van der Waals surface area (Å²) in [7, 11) is 0. The summed E-state index contributed by atoms with van der Waals surface area (Å²) in [4.78, 5) is 24.8. The van der Waals surface area contributed by atoms with Gasteiger partial charge in [-0.15, -0.1) is 11.8 Å². The van der Waals surface area contributed by atoms with Crippen LogP contribution in [0.1, 0.15) is 5.69 Å². The SMILES string of the molecule is CSc1cc(C)nc(-c2ccnc3[nH]ccc23)n1.O=CO. The van der Waals surface area contributed by atoms with Gasteiger partial charge in [-0.3, -0.25) is 4.79 Å². The van der Waals surface area contributed by atoms with Gasteiger partial charge in [-0.2, -0.15) is 0 Å². The van der Waals surface area contributed by atoms with E-state index in [0.29, 0.717) is 0 Å². The highest BCUT2D eigenvalue weighted by Crippen LogP contribution is 2.25. The minimum Gasteiger partial charge on any atom is -0.483 e. The van der Waals surface area contributed by atoms with Crippen LogP contribution in [0.4, 0.5) is 0 Å². The van der Waals surface area contributed by atoms with Crippen LogP contribution in [0.3, 0.4) is 0 Å². The van der Waals surface area contributed by atoms with Gasteiger partial charge in [0.05, 0.1) is 0 Å². The molecular formula is C14H14N4O2S. The first-order valence-electron chi connectivity index (χ1n) is 6.09. The number of carboxylic acid groups (broad SMARTS) is 1. The number of aromatic nitrogens is 4. The first-order valence-corrected chi connectivity index (χ1v) is 7.32. The fourth-order valence-corrected chi connectivity index (χ4v) is 2.39. The third-order valence-corrected chi connectivity index (χ3v) is 3.37. The number of nitrogens with zero attached hydrogens (tertiary/aromatic N) is 3. The van der Waals surface area contributed by atoms with Gasteiger partial charge in [-0.05, 0) is 31.4 Å². The lowest BCUT2D eigenvalue weighted by Crippen LogP contribution is -1.94. The molecule has 0 spiro atoms. The smallest absolute Gasteiger partial charge is 0.290 e. The minimum absolute atomic E-state index is 0.250. The quantitative estimate of drug-likeness (QED) is 0.429. The number of aromatic amines is 1. The number of carbonyl (C=O) groups is 1. The first-order chi connectivity index (χ1) is 10.2. The van der Waals surface area contributed by atoms with E-state index in [9.17, 15) is 0 Å². The van der Waals surface area contributed by atoms with E-state index in [2.05, 4.69) is 19.9 Å². The number of hydrogen-bond donors (Lipinski definition) is 2. The zero-order valence-corrected chi connectivity index (χ0v) is 12.4. The van der Waals surface area contributed by atoms with E-state index >= 15 is 0 Å². The van der Waals surface area contributed by atoms with Crippen molar-refractivity contribution in [2.75, 3.05) is 6.26 Å². The molecule has 0 aliphatic carbocycles. The van der Waals surface area contributed by atoms with Crippen LogP contribution in [0.2, 0.25) is 0 Å². The Morgan fingerprint density at radius 3 is 2.81 bits per heavy atom. The molecule has 0 saturated heterocycles. The molecular weight excluding hydrogens is 288 g/mol. The molecule has 3 heterocycles. The summed E-state index contributed by atoms with van der Waals surface area (Å²) in [5.74, 6) is 0.756. The van der Waals surface area contributed by atoms with Crippen molar-refractivity contribution in [3.63, 3.8) is 0 Å². The molecule has 7 heteroatoms. The average molecular weight is 302 g/mol. The average Bonchev–Trinajstić information content (AvgIpc) is 2.95. The van der Waals surface area contributed by atoms with Crippen molar-refractivity contribution >= 4 is 29.3 Å². The number of nitrogens with one attached hydrogen (secondary N) is 1. The molecule has 21 heavy (non-hydrogen) atoms. The van der Waals surface area contributed by atoms with Crippen molar-refractivity contribution in [1.29, 1.82) is 0 Å². The number of rotatable bonds is 2. The van der Waals surface area contributed by atoms with Gasteiger partial charge in [0.2, 0.25) is 0 Å². The molecule has 0 unspecified atom stereocenters. The van der Waals surface area contributed by atoms with E-state index in [1.807, 2.05) is 37.6 Å². The Kier molecular flexibility index (Phi) is 4.89. The van der Waals surface area contributed by atoms with Crippen molar-refractivity contribution < 1.29 is 9.90 Å². The number of fused-ring (bicyclic) bond motifs is 1. The lowest BCUT2D eigenvalue weighted by molar-refractivity contribution is -0.122. The Hall–Kier alpha value is -2.41. The van der Waals surface area contributed by atoms with Crippen molar-refractivity contribution in [1.82, 2.24) is 19.9 Å². The molecule has 2 N–H and O–H groups in total. The van der Waals surface area contributed by atoms with Crippen LogP contribution in [-0.2, 0) is 4.79 Å². The first kappa shape index (κ1) is 15.0. The largest absolute Gasteiger partial charge is 0.483 e. The van der Waals surface area contributed by atoms with E-state index in [0.717, 1.165) is 33.1 Å². The summed E-state index contributed by atoms with van der Waals surface area (Å²) >= 11 is 1.62. The van der Waals surface area contributed by atoms with Crippen molar-refractivity contribution in [2.24, 2.45) is 0 Å². The molecule has 0 aromatic carbocycles. The van der Waals surface area contributed by atoms with Gasteiger partial charge < -0.3 is 10.1 Å². The molecule has 0 amide bonds. The second-order valence-electron chi connectivity index (χ2n) is 4.08. The summed E-state index contributed by atoms with van der Waals surface area (Å²) < 4.78 is 0. The third-order valence-electron chi connectivity index (χ3n) is 2.74. The fourth-order valence-electron chi connectivity index (χ4n) is 1.92. The van der Waals surface area contributed by atoms with Crippen LogP contribution in [0.15, 0.2) is 35.6 Å². The van der Waals surface area contributed by atoms with Crippen molar-refractivity contribution in [3.8, 4) is 11.4 Å². The lowest BCUT2D eigenvalue weighted by atomic mass is 10.2. The van der Waals surface area contributed by atoms with Crippen LogP contribution in [0.25, 0.3) is 22.4 Å².